The third-order valence-electron chi connectivity index (χ3n) is 3.37. The topological polar surface area (TPSA) is 43.6 Å². The number of thioether (sulfide) groups is 1. The van der Waals surface area contributed by atoms with Gasteiger partial charge in [0.1, 0.15) is 5.75 Å². The maximum atomic E-state index is 12.0. The summed E-state index contributed by atoms with van der Waals surface area (Å²) in [7, 11) is 1.67. The third-order valence-corrected chi connectivity index (χ3v) is 5.02. The van der Waals surface area contributed by atoms with E-state index >= 15 is 0 Å². The molecule has 4 nitrogen and oxygen atoms in total. The molecule has 22 heavy (non-hydrogen) atoms. The summed E-state index contributed by atoms with van der Waals surface area (Å²) in [6, 6.07) is 5.99. The molecule has 0 bridgehead atoms. The van der Waals surface area contributed by atoms with E-state index in [0.29, 0.717) is 6.42 Å². The number of aromatic nitrogens is 1. The molecule has 6 heteroatoms. The Balaban J connectivity index is 2.47. The van der Waals surface area contributed by atoms with Crippen molar-refractivity contribution in [1.29, 1.82) is 0 Å². The van der Waals surface area contributed by atoms with E-state index in [1.54, 1.807) is 30.2 Å². The second kappa shape index (κ2) is 8.39. The number of carbonyl (C=O) groups is 1. The summed E-state index contributed by atoms with van der Waals surface area (Å²) in [6.45, 7) is 2.92. The minimum atomic E-state index is -0.0294. The molecule has 0 unspecified atom stereocenters. The Morgan fingerprint density at radius 3 is 2.95 bits per heavy atom. The van der Waals surface area contributed by atoms with Gasteiger partial charge in [0, 0.05) is 24.8 Å². The number of hydrogen-bond acceptors (Lipinski definition) is 4. The average molecular weight is 338 g/mol. The van der Waals surface area contributed by atoms with Crippen molar-refractivity contribution in [2.75, 3.05) is 19.1 Å². The van der Waals surface area contributed by atoms with Crippen molar-refractivity contribution in [1.82, 2.24) is 4.57 Å². The number of aryl methyl sites for hydroxylation is 1. The van der Waals surface area contributed by atoms with Crippen LogP contribution in [0.3, 0.4) is 0 Å². The zero-order valence-electron chi connectivity index (χ0n) is 13.3. The number of carbonyl (C=O) groups excluding carboxylic acids is 1. The minimum absolute atomic E-state index is 0.0294. The molecule has 0 radical (unpaired) electrons. The predicted molar refractivity (Wildman–Crippen MR) is 94.8 cm³/mol. The molecule has 0 saturated carbocycles. The highest BCUT2D eigenvalue weighted by Gasteiger charge is 2.09. The highest BCUT2D eigenvalue weighted by Crippen LogP contribution is 2.23. The van der Waals surface area contributed by atoms with Gasteiger partial charge in [0.2, 0.25) is 5.91 Å². The van der Waals surface area contributed by atoms with E-state index in [1.165, 1.54) is 0 Å². The van der Waals surface area contributed by atoms with Gasteiger partial charge < -0.3 is 9.30 Å². The molecule has 2 rings (SSSR count). The van der Waals surface area contributed by atoms with E-state index in [0.717, 1.165) is 45.9 Å². The molecule has 1 aromatic carbocycles. The van der Waals surface area contributed by atoms with Gasteiger partial charge in [-0.1, -0.05) is 24.7 Å². The van der Waals surface area contributed by atoms with Crippen LogP contribution in [0.4, 0.5) is 0 Å². The number of ether oxygens (including phenoxy) is 1. The highest BCUT2D eigenvalue weighted by atomic mass is 32.2. The SMILES string of the molecule is CCCCC(=O)N=c1sc2ccc(OC)cc2n1CCSC. The van der Waals surface area contributed by atoms with Gasteiger partial charge >= 0.3 is 0 Å². The number of thiazole rings is 1. The molecule has 0 N–H and O–H groups in total. The minimum Gasteiger partial charge on any atom is -0.497 e. The van der Waals surface area contributed by atoms with Crippen LogP contribution in [-0.2, 0) is 11.3 Å². The van der Waals surface area contributed by atoms with Crippen LogP contribution in [0.1, 0.15) is 26.2 Å². The zero-order valence-corrected chi connectivity index (χ0v) is 14.9. The zero-order chi connectivity index (χ0) is 15.9. The Morgan fingerprint density at radius 2 is 2.27 bits per heavy atom. The Labute approximate surface area is 139 Å². The lowest BCUT2D eigenvalue weighted by atomic mass is 10.2. The standard InChI is InChI=1S/C16H22N2O2S2/c1-4-5-6-15(19)17-16-18(9-10-21-3)13-11-12(20-2)7-8-14(13)22-16/h7-8,11H,4-6,9-10H2,1-3H3. The number of amides is 1. The van der Waals surface area contributed by atoms with Crippen LogP contribution in [0.15, 0.2) is 23.2 Å². The molecule has 0 aliphatic rings. The van der Waals surface area contributed by atoms with Gasteiger partial charge in [-0.2, -0.15) is 16.8 Å². The van der Waals surface area contributed by atoms with Gasteiger partial charge in [-0.05, 0) is 24.8 Å². The van der Waals surface area contributed by atoms with Crippen LogP contribution in [0.25, 0.3) is 10.2 Å². The normalized spacial score (nSPS) is 12.0. The van der Waals surface area contributed by atoms with Crippen molar-refractivity contribution in [2.45, 2.75) is 32.7 Å². The smallest absolute Gasteiger partial charge is 0.248 e. The second-order valence-corrected chi connectivity index (χ2v) is 6.97. The van der Waals surface area contributed by atoms with E-state index < -0.39 is 0 Å². The first kappa shape index (κ1) is 17.1. The fourth-order valence-electron chi connectivity index (χ4n) is 2.15. The number of methoxy groups -OCH3 is 1. The van der Waals surface area contributed by atoms with Gasteiger partial charge in [-0.3, -0.25) is 4.79 Å². The van der Waals surface area contributed by atoms with Crippen LogP contribution in [0.5, 0.6) is 5.75 Å². The maximum Gasteiger partial charge on any atom is 0.248 e. The Morgan fingerprint density at radius 1 is 1.45 bits per heavy atom. The maximum absolute atomic E-state index is 12.0. The lowest BCUT2D eigenvalue weighted by Gasteiger charge is -2.05. The molecule has 1 aromatic heterocycles. The summed E-state index contributed by atoms with van der Waals surface area (Å²) < 4.78 is 8.57. The summed E-state index contributed by atoms with van der Waals surface area (Å²) in [6.07, 6.45) is 4.51. The van der Waals surface area contributed by atoms with Crippen molar-refractivity contribution >= 4 is 39.2 Å². The fraction of sp³-hybridized carbons (Fsp3) is 0.500. The average Bonchev–Trinajstić information content (AvgIpc) is 2.87. The Kier molecular flexibility index (Phi) is 6.51. The lowest BCUT2D eigenvalue weighted by molar-refractivity contribution is -0.118. The second-order valence-electron chi connectivity index (χ2n) is 4.97. The number of rotatable bonds is 7. The molecule has 1 amide bonds. The summed E-state index contributed by atoms with van der Waals surface area (Å²) >= 11 is 3.35. The molecule has 1 heterocycles. The third kappa shape index (κ3) is 4.14. The first-order chi connectivity index (χ1) is 10.7. The molecule has 2 aromatic rings. The monoisotopic (exact) mass is 338 g/mol. The van der Waals surface area contributed by atoms with Crippen LogP contribution in [0, 0.1) is 0 Å². The molecule has 0 fully saturated rings. The number of fused-ring (bicyclic) bond motifs is 1. The van der Waals surface area contributed by atoms with Gasteiger partial charge in [0.25, 0.3) is 0 Å². The van der Waals surface area contributed by atoms with Crippen LogP contribution < -0.4 is 9.54 Å². The summed E-state index contributed by atoms with van der Waals surface area (Å²) in [5.74, 6) is 1.78. The first-order valence-corrected chi connectivity index (χ1v) is 9.64. The number of nitrogens with zero attached hydrogens (tertiary/aromatic N) is 2. The Hall–Kier alpha value is -1.27. The van der Waals surface area contributed by atoms with Crippen LogP contribution in [0.2, 0.25) is 0 Å². The predicted octanol–water partition coefficient (Wildman–Crippen LogP) is 3.69. The highest BCUT2D eigenvalue weighted by molar-refractivity contribution is 7.98. The van der Waals surface area contributed by atoms with E-state index in [1.807, 2.05) is 18.2 Å². The first-order valence-electron chi connectivity index (χ1n) is 7.43. The largest absolute Gasteiger partial charge is 0.497 e. The molecule has 0 spiro atoms. The fourth-order valence-corrected chi connectivity index (χ4v) is 3.57. The molecule has 0 aliphatic carbocycles. The van der Waals surface area contributed by atoms with E-state index in [9.17, 15) is 4.79 Å². The number of benzene rings is 1. The van der Waals surface area contributed by atoms with Crippen molar-refractivity contribution in [3.05, 3.63) is 23.0 Å². The quantitative estimate of drug-likeness (QED) is 0.773. The molecular weight excluding hydrogens is 316 g/mol. The molecule has 0 saturated heterocycles. The summed E-state index contributed by atoms with van der Waals surface area (Å²) in [5, 5.41) is 0. The van der Waals surface area contributed by atoms with Crippen molar-refractivity contribution in [3.63, 3.8) is 0 Å². The molecular formula is C16H22N2O2S2. The van der Waals surface area contributed by atoms with Crippen LogP contribution >= 0.6 is 23.1 Å². The van der Waals surface area contributed by atoms with E-state index in [2.05, 4.69) is 22.7 Å². The summed E-state index contributed by atoms with van der Waals surface area (Å²) in [4.78, 5) is 17.1. The molecule has 120 valence electrons. The van der Waals surface area contributed by atoms with Crippen molar-refractivity contribution in [2.24, 2.45) is 4.99 Å². The van der Waals surface area contributed by atoms with Gasteiger partial charge in [-0.15, -0.1) is 0 Å². The lowest BCUT2D eigenvalue weighted by Crippen LogP contribution is -2.18. The number of hydrogen-bond donors (Lipinski definition) is 0. The van der Waals surface area contributed by atoms with Crippen molar-refractivity contribution in [3.8, 4) is 5.75 Å². The number of unbranched alkanes of at least 4 members (excludes halogenated alkanes) is 1. The van der Waals surface area contributed by atoms with E-state index in [4.69, 9.17) is 4.74 Å². The Bertz CT molecular complexity index is 704. The van der Waals surface area contributed by atoms with E-state index in [-0.39, 0.29) is 5.91 Å². The van der Waals surface area contributed by atoms with Gasteiger partial charge in [0.05, 0.1) is 17.3 Å². The van der Waals surface area contributed by atoms with Crippen LogP contribution in [-0.4, -0.2) is 29.6 Å². The van der Waals surface area contributed by atoms with Crippen molar-refractivity contribution < 1.29 is 9.53 Å². The molecule has 0 atom stereocenters. The van der Waals surface area contributed by atoms with Gasteiger partial charge in [0.15, 0.2) is 4.80 Å². The summed E-state index contributed by atoms with van der Waals surface area (Å²) in [5.41, 5.74) is 1.08. The molecule has 0 aliphatic heterocycles. The van der Waals surface area contributed by atoms with Gasteiger partial charge in [-0.25, -0.2) is 0 Å².